The third-order valence-corrected chi connectivity index (χ3v) is 8.72. The van der Waals surface area contributed by atoms with Crippen LogP contribution in [0.5, 0.6) is 0 Å². The van der Waals surface area contributed by atoms with Crippen molar-refractivity contribution in [2.75, 3.05) is 6.54 Å². The second-order valence-electron chi connectivity index (χ2n) is 12.5. The molecule has 9 N–H and O–H groups in total. The van der Waals surface area contributed by atoms with E-state index in [1.165, 1.54) is 51.4 Å². The number of unbranched alkanes of at least 4 members (excludes halogenated alkanes) is 15. The van der Waals surface area contributed by atoms with Crippen molar-refractivity contribution in [1.29, 1.82) is 0 Å². The fourth-order valence-electron chi connectivity index (χ4n) is 5.80. The molecule has 250 valence electrons. The zero-order chi connectivity index (χ0) is 31.3. The van der Waals surface area contributed by atoms with Crippen molar-refractivity contribution in [3.05, 3.63) is 0 Å². The van der Waals surface area contributed by atoms with Crippen molar-refractivity contribution >= 4 is 5.91 Å². The van der Waals surface area contributed by atoms with E-state index in [4.69, 9.17) is 0 Å². The second-order valence-corrected chi connectivity index (χ2v) is 12.5. The number of carbonyl (C=O) groups excluding carboxylic acids is 1. The van der Waals surface area contributed by atoms with Gasteiger partial charge in [-0.1, -0.05) is 117 Å². The molecular weight excluding hydrogens is 540 g/mol. The minimum absolute atomic E-state index is 0.132. The van der Waals surface area contributed by atoms with E-state index in [1.54, 1.807) is 0 Å². The standard InChI is InChI=1S/C32H64N2O8/c1-3-5-7-9-10-11-12-13-14-15-17-18-20-24(35)27(37)23(34-25(36)21-19-16-8-6-4-2)22-33-26-28(38)30(40)32(42)31(41)29(26)39/h23-24,26-33,35,37-42H,3-22H2,1-2H3,(H,34,36)/t23-,24+,26?,27-,28-,29-,30-,31+,32?/m0/s1. The van der Waals surface area contributed by atoms with Gasteiger partial charge < -0.3 is 46.4 Å². The molecule has 0 aromatic rings. The maximum Gasteiger partial charge on any atom is 0.220 e. The van der Waals surface area contributed by atoms with E-state index in [1.807, 2.05) is 0 Å². The van der Waals surface area contributed by atoms with Crippen LogP contribution in [0.3, 0.4) is 0 Å². The summed E-state index contributed by atoms with van der Waals surface area (Å²) in [5.41, 5.74) is 0. The highest BCUT2D eigenvalue weighted by Crippen LogP contribution is 2.22. The van der Waals surface area contributed by atoms with Gasteiger partial charge in [0.05, 0.1) is 18.2 Å². The summed E-state index contributed by atoms with van der Waals surface area (Å²) >= 11 is 0. The van der Waals surface area contributed by atoms with Gasteiger partial charge >= 0.3 is 0 Å². The van der Waals surface area contributed by atoms with E-state index >= 15 is 0 Å². The lowest BCUT2D eigenvalue weighted by atomic mass is 9.83. The van der Waals surface area contributed by atoms with Crippen molar-refractivity contribution in [2.24, 2.45) is 0 Å². The number of amides is 1. The zero-order valence-electron chi connectivity index (χ0n) is 26.4. The Morgan fingerprint density at radius 1 is 0.595 bits per heavy atom. The maximum atomic E-state index is 12.7. The predicted octanol–water partition coefficient (Wildman–Crippen LogP) is 2.42. The fraction of sp³-hybridized carbons (Fsp3) is 0.969. The highest BCUT2D eigenvalue weighted by atomic mass is 16.4. The lowest BCUT2D eigenvalue weighted by molar-refractivity contribution is -0.190. The molecule has 1 aliphatic rings. The van der Waals surface area contributed by atoms with Crippen molar-refractivity contribution in [3.63, 3.8) is 0 Å². The van der Waals surface area contributed by atoms with E-state index in [9.17, 15) is 40.5 Å². The van der Waals surface area contributed by atoms with Gasteiger partial charge in [0, 0.05) is 13.0 Å². The van der Waals surface area contributed by atoms with Crippen LogP contribution >= 0.6 is 0 Å². The van der Waals surface area contributed by atoms with Crippen LogP contribution in [-0.4, -0.2) is 103 Å². The molecule has 2 unspecified atom stereocenters. The SMILES string of the molecule is CCCCCCCCCCCCCC[C@@H](O)[C@@H](O)[C@H](CNC1[C@H](O)[C@H](O)C(O)[C@H](O)[C@H]1O)NC(=O)CCCCCCC. The number of aliphatic hydroxyl groups excluding tert-OH is 7. The molecule has 0 spiro atoms. The molecule has 0 heterocycles. The van der Waals surface area contributed by atoms with Gasteiger partial charge in [0.15, 0.2) is 0 Å². The summed E-state index contributed by atoms with van der Waals surface area (Å²) in [5.74, 6) is -0.268. The average molecular weight is 605 g/mol. The first-order valence-electron chi connectivity index (χ1n) is 16.9. The van der Waals surface area contributed by atoms with Gasteiger partial charge in [-0.05, 0) is 12.8 Å². The minimum Gasteiger partial charge on any atom is -0.390 e. The van der Waals surface area contributed by atoms with E-state index in [0.717, 1.165) is 51.4 Å². The molecule has 42 heavy (non-hydrogen) atoms. The van der Waals surface area contributed by atoms with Gasteiger partial charge in [-0.2, -0.15) is 0 Å². The third-order valence-electron chi connectivity index (χ3n) is 8.72. The second kappa shape index (κ2) is 23.5. The van der Waals surface area contributed by atoms with Gasteiger partial charge in [-0.25, -0.2) is 0 Å². The van der Waals surface area contributed by atoms with Crippen LogP contribution in [0.1, 0.15) is 136 Å². The molecule has 1 amide bonds. The van der Waals surface area contributed by atoms with E-state index < -0.39 is 54.8 Å². The maximum absolute atomic E-state index is 12.7. The Kier molecular flexibility index (Phi) is 21.9. The third kappa shape index (κ3) is 15.2. The van der Waals surface area contributed by atoms with E-state index in [0.29, 0.717) is 12.8 Å². The smallest absolute Gasteiger partial charge is 0.220 e. The van der Waals surface area contributed by atoms with Crippen molar-refractivity contribution in [3.8, 4) is 0 Å². The Hall–Kier alpha value is -0.850. The quantitative estimate of drug-likeness (QED) is 0.0707. The van der Waals surface area contributed by atoms with Gasteiger partial charge in [0.25, 0.3) is 0 Å². The average Bonchev–Trinajstić information content (AvgIpc) is 2.98. The molecule has 0 bridgehead atoms. The summed E-state index contributed by atoms with van der Waals surface area (Å²) in [4.78, 5) is 12.7. The number of carbonyl (C=O) groups is 1. The molecule has 10 nitrogen and oxygen atoms in total. The Balaban J connectivity index is 2.54. The zero-order valence-corrected chi connectivity index (χ0v) is 26.4. The molecule has 10 heteroatoms. The van der Waals surface area contributed by atoms with Crippen LogP contribution in [0.15, 0.2) is 0 Å². The van der Waals surface area contributed by atoms with E-state index in [-0.39, 0.29) is 18.9 Å². The lowest BCUT2D eigenvalue weighted by Gasteiger charge is -2.43. The summed E-state index contributed by atoms with van der Waals surface area (Å²) in [7, 11) is 0. The minimum atomic E-state index is -1.71. The van der Waals surface area contributed by atoms with Gasteiger partial charge in [0.1, 0.15) is 36.6 Å². The fourth-order valence-corrected chi connectivity index (χ4v) is 5.80. The summed E-state index contributed by atoms with van der Waals surface area (Å²) in [6.07, 6.45) is 9.21. The molecule has 1 rings (SSSR count). The van der Waals surface area contributed by atoms with Crippen LogP contribution in [0.25, 0.3) is 0 Å². The van der Waals surface area contributed by atoms with E-state index in [2.05, 4.69) is 24.5 Å². The van der Waals surface area contributed by atoms with Crippen LogP contribution in [0.4, 0.5) is 0 Å². The Morgan fingerprint density at radius 2 is 1.00 bits per heavy atom. The highest BCUT2D eigenvalue weighted by Gasteiger charge is 2.48. The number of aliphatic hydroxyl groups is 7. The molecular formula is C32H64N2O8. The number of rotatable bonds is 25. The summed E-state index contributed by atoms with van der Waals surface area (Å²) < 4.78 is 0. The molecule has 1 aliphatic carbocycles. The predicted molar refractivity (Wildman–Crippen MR) is 165 cm³/mol. The summed E-state index contributed by atoms with van der Waals surface area (Å²) in [6, 6.07) is -2.14. The van der Waals surface area contributed by atoms with Crippen molar-refractivity contribution in [1.82, 2.24) is 10.6 Å². The first-order chi connectivity index (χ1) is 20.1. The Bertz CT molecular complexity index is 656. The normalized spacial score (nSPS) is 26.6. The molecule has 0 radical (unpaired) electrons. The number of nitrogens with one attached hydrogen (secondary N) is 2. The van der Waals surface area contributed by atoms with Crippen LogP contribution < -0.4 is 10.6 Å². The van der Waals surface area contributed by atoms with Crippen LogP contribution in [-0.2, 0) is 4.79 Å². The van der Waals surface area contributed by atoms with Crippen molar-refractivity contribution < 1.29 is 40.5 Å². The first kappa shape index (κ1) is 39.2. The van der Waals surface area contributed by atoms with Crippen LogP contribution in [0, 0.1) is 0 Å². The number of hydrogen-bond donors (Lipinski definition) is 9. The monoisotopic (exact) mass is 604 g/mol. The molecule has 1 saturated carbocycles. The van der Waals surface area contributed by atoms with Gasteiger partial charge in [0.2, 0.25) is 5.91 Å². The number of hydrogen-bond acceptors (Lipinski definition) is 9. The molecule has 0 aromatic carbocycles. The summed E-state index contributed by atoms with van der Waals surface area (Å²) in [5, 5.41) is 78.0. The molecule has 0 saturated heterocycles. The first-order valence-corrected chi connectivity index (χ1v) is 16.9. The van der Waals surface area contributed by atoms with Gasteiger partial charge in [-0.15, -0.1) is 0 Å². The molecule has 0 aliphatic heterocycles. The molecule has 0 aromatic heterocycles. The molecule has 9 atom stereocenters. The Morgan fingerprint density at radius 3 is 1.48 bits per heavy atom. The Labute approximate surface area is 254 Å². The van der Waals surface area contributed by atoms with Crippen LogP contribution in [0.2, 0.25) is 0 Å². The largest absolute Gasteiger partial charge is 0.390 e. The molecule has 1 fully saturated rings. The summed E-state index contributed by atoms with van der Waals surface area (Å²) in [6.45, 7) is 4.22. The van der Waals surface area contributed by atoms with Gasteiger partial charge in [-0.3, -0.25) is 4.79 Å². The van der Waals surface area contributed by atoms with Crippen molar-refractivity contribution in [2.45, 2.75) is 191 Å². The lowest BCUT2D eigenvalue weighted by Crippen LogP contribution is -2.69. The highest BCUT2D eigenvalue weighted by molar-refractivity contribution is 5.76. The topological polar surface area (TPSA) is 183 Å².